The first-order valence-corrected chi connectivity index (χ1v) is 7.37. The van der Waals surface area contributed by atoms with Gasteiger partial charge in [0, 0.05) is 27.4 Å². The number of ether oxygens (including phenoxy) is 1. The van der Waals surface area contributed by atoms with E-state index in [0.29, 0.717) is 12.3 Å². The molecule has 116 valence electrons. The highest BCUT2D eigenvalue weighted by Gasteiger charge is 2.13. The second kappa shape index (κ2) is 10.5. The summed E-state index contributed by atoms with van der Waals surface area (Å²) in [6, 6.07) is 0. The van der Waals surface area contributed by atoms with Crippen LogP contribution in [0.15, 0.2) is 12.2 Å². The lowest BCUT2D eigenvalue weighted by Crippen LogP contribution is -2.20. The molecule has 0 rings (SSSR count). The van der Waals surface area contributed by atoms with Crippen LogP contribution in [0.1, 0.15) is 52.9 Å². The van der Waals surface area contributed by atoms with Crippen molar-refractivity contribution < 1.29 is 14.3 Å². The van der Waals surface area contributed by atoms with Gasteiger partial charge in [-0.15, -0.1) is 0 Å². The summed E-state index contributed by atoms with van der Waals surface area (Å²) in [5.41, 5.74) is 0. The number of amides is 1. The third-order valence-corrected chi connectivity index (χ3v) is 3.34. The van der Waals surface area contributed by atoms with Crippen LogP contribution >= 0.6 is 0 Å². The summed E-state index contributed by atoms with van der Waals surface area (Å²) in [7, 11) is 3.57. The minimum Gasteiger partial charge on any atom is -0.463 e. The van der Waals surface area contributed by atoms with E-state index < -0.39 is 0 Å². The molecule has 0 aliphatic heterocycles. The zero-order valence-corrected chi connectivity index (χ0v) is 13.5. The molecule has 0 saturated heterocycles. The fraction of sp³-hybridized carbons (Fsp3) is 0.750. The molecule has 2 atom stereocenters. The number of carbonyl (C=O) groups excluding carboxylic acids is 2. The topological polar surface area (TPSA) is 46.6 Å². The van der Waals surface area contributed by atoms with Gasteiger partial charge in [-0.2, -0.15) is 0 Å². The SMILES string of the molecule is CC(=O)OC(C)C(C)CC=CCCCCC(=O)N(C)C. The normalized spacial score (nSPS) is 14.1. The lowest BCUT2D eigenvalue weighted by Gasteiger charge is -2.18. The number of allylic oxidation sites excluding steroid dienone is 2. The summed E-state index contributed by atoms with van der Waals surface area (Å²) < 4.78 is 5.14. The van der Waals surface area contributed by atoms with E-state index >= 15 is 0 Å². The van der Waals surface area contributed by atoms with Crippen molar-refractivity contribution in [3.05, 3.63) is 12.2 Å². The molecule has 0 aromatic carbocycles. The summed E-state index contributed by atoms with van der Waals surface area (Å²) in [5, 5.41) is 0. The summed E-state index contributed by atoms with van der Waals surface area (Å²) in [6.07, 6.45) is 8.73. The molecule has 4 heteroatoms. The highest BCUT2D eigenvalue weighted by atomic mass is 16.5. The number of esters is 1. The van der Waals surface area contributed by atoms with Crippen molar-refractivity contribution >= 4 is 11.9 Å². The van der Waals surface area contributed by atoms with Gasteiger partial charge >= 0.3 is 5.97 Å². The first-order chi connectivity index (χ1) is 9.34. The standard InChI is InChI=1S/C16H29NO3/c1-13(14(2)20-15(3)18)11-9-7-6-8-10-12-16(19)17(4)5/h7,9,13-14H,6,8,10-12H2,1-5H3. The van der Waals surface area contributed by atoms with Crippen LogP contribution in [0, 0.1) is 5.92 Å². The molecule has 0 aliphatic rings. The molecular weight excluding hydrogens is 254 g/mol. The van der Waals surface area contributed by atoms with Gasteiger partial charge in [-0.3, -0.25) is 9.59 Å². The van der Waals surface area contributed by atoms with Crippen LogP contribution in [0.3, 0.4) is 0 Å². The van der Waals surface area contributed by atoms with Gasteiger partial charge in [-0.1, -0.05) is 19.1 Å². The van der Waals surface area contributed by atoms with E-state index in [1.54, 1.807) is 19.0 Å². The van der Waals surface area contributed by atoms with Crippen LogP contribution in [0.5, 0.6) is 0 Å². The van der Waals surface area contributed by atoms with Crippen molar-refractivity contribution in [2.45, 2.75) is 59.0 Å². The van der Waals surface area contributed by atoms with E-state index in [2.05, 4.69) is 19.1 Å². The number of unbranched alkanes of at least 4 members (excludes halogenated alkanes) is 2. The zero-order chi connectivity index (χ0) is 15.5. The highest BCUT2D eigenvalue weighted by Crippen LogP contribution is 2.13. The molecule has 0 N–H and O–H groups in total. The molecule has 0 saturated carbocycles. The van der Waals surface area contributed by atoms with Crippen LogP contribution in [0.25, 0.3) is 0 Å². The molecule has 0 radical (unpaired) electrons. The number of carbonyl (C=O) groups is 2. The Morgan fingerprint density at radius 2 is 1.80 bits per heavy atom. The van der Waals surface area contributed by atoms with Crippen molar-refractivity contribution in [2.24, 2.45) is 5.92 Å². The van der Waals surface area contributed by atoms with Crippen LogP contribution in [-0.2, 0) is 14.3 Å². The smallest absolute Gasteiger partial charge is 0.302 e. The van der Waals surface area contributed by atoms with Crippen LogP contribution in [-0.4, -0.2) is 37.0 Å². The number of hydrogen-bond donors (Lipinski definition) is 0. The first kappa shape index (κ1) is 18.7. The molecule has 2 unspecified atom stereocenters. The third kappa shape index (κ3) is 9.59. The number of hydrogen-bond acceptors (Lipinski definition) is 3. The Bertz CT molecular complexity index is 324. The summed E-state index contributed by atoms with van der Waals surface area (Å²) in [6.45, 7) is 5.44. The fourth-order valence-corrected chi connectivity index (χ4v) is 1.76. The van der Waals surface area contributed by atoms with Crippen molar-refractivity contribution in [1.82, 2.24) is 4.90 Å². The van der Waals surface area contributed by atoms with Crippen LogP contribution in [0.2, 0.25) is 0 Å². The second-order valence-corrected chi connectivity index (χ2v) is 5.53. The number of rotatable bonds is 9. The van der Waals surface area contributed by atoms with Crippen LogP contribution in [0.4, 0.5) is 0 Å². The average molecular weight is 283 g/mol. The van der Waals surface area contributed by atoms with Gasteiger partial charge in [-0.25, -0.2) is 0 Å². The molecule has 20 heavy (non-hydrogen) atoms. The van der Waals surface area contributed by atoms with E-state index in [1.807, 2.05) is 6.92 Å². The Morgan fingerprint density at radius 3 is 2.35 bits per heavy atom. The van der Waals surface area contributed by atoms with Gasteiger partial charge < -0.3 is 9.64 Å². The molecule has 0 bridgehead atoms. The molecule has 1 amide bonds. The highest BCUT2D eigenvalue weighted by molar-refractivity contribution is 5.75. The maximum Gasteiger partial charge on any atom is 0.302 e. The number of nitrogens with zero attached hydrogens (tertiary/aromatic N) is 1. The van der Waals surface area contributed by atoms with Gasteiger partial charge in [0.05, 0.1) is 0 Å². The molecule has 0 spiro atoms. The van der Waals surface area contributed by atoms with E-state index in [0.717, 1.165) is 25.7 Å². The third-order valence-electron chi connectivity index (χ3n) is 3.34. The van der Waals surface area contributed by atoms with Gasteiger partial charge in [0.2, 0.25) is 5.91 Å². The lowest BCUT2D eigenvalue weighted by atomic mass is 10.0. The predicted molar refractivity (Wildman–Crippen MR) is 81.3 cm³/mol. The van der Waals surface area contributed by atoms with E-state index in [-0.39, 0.29) is 18.0 Å². The Kier molecular flexibility index (Phi) is 9.77. The van der Waals surface area contributed by atoms with E-state index in [4.69, 9.17) is 4.74 Å². The second-order valence-electron chi connectivity index (χ2n) is 5.53. The minimum absolute atomic E-state index is 0.0464. The van der Waals surface area contributed by atoms with E-state index in [1.165, 1.54) is 6.92 Å². The van der Waals surface area contributed by atoms with E-state index in [9.17, 15) is 9.59 Å². The Labute approximate surface area is 123 Å². The van der Waals surface area contributed by atoms with Crippen molar-refractivity contribution in [3.63, 3.8) is 0 Å². The maximum atomic E-state index is 11.4. The molecular formula is C16H29NO3. The lowest BCUT2D eigenvalue weighted by molar-refractivity contribution is -0.147. The zero-order valence-electron chi connectivity index (χ0n) is 13.5. The van der Waals surface area contributed by atoms with Crippen molar-refractivity contribution in [3.8, 4) is 0 Å². The Balaban J connectivity index is 3.66. The molecule has 0 aliphatic carbocycles. The Morgan fingerprint density at radius 1 is 1.15 bits per heavy atom. The van der Waals surface area contributed by atoms with Gasteiger partial charge in [0.1, 0.15) is 6.10 Å². The monoisotopic (exact) mass is 283 g/mol. The molecule has 4 nitrogen and oxygen atoms in total. The summed E-state index contributed by atoms with van der Waals surface area (Å²) >= 11 is 0. The van der Waals surface area contributed by atoms with Crippen molar-refractivity contribution in [2.75, 3.05) is 14.1 Å². The molecule has 0 fully saturated rings. The quantitative estimate of drug-likeness (QED) is 0.371. The summed E-state index contributed by atoms with van der Waals surface area (Å²) in [4.78, 5) is 23.8. The fourth-order valence-electron chi connectivity index (χ4n) is 1.76. The average Bonchev–Trinajstić information content (AvgIpc) is 2.35. The van der Waals surface area contributed by atoms with Gasteiger partial charge in [0.25, 0.3) is 0 Å². The van der Waals surface area contributed by atoms with Crippen molar-refractivity contribution in [1.29, 1.82) is 0 Å². The Hall–Kier alpha value is -1.32. The summed E-state index contributed by atoms with van der Waals surface area (Å²) in [5.74, 6) is 0.294. The predicted octanol–water partition coefficient (Wildman–Crippen LogP) is 3.17. The largest absolute Gasteiger partial charge is 0.463 e. The molecule has 0 aromatic heterocycles. The maximum absolute atomic E-state index is 11.4. The van der Waals surface area contributed by atoms with Gasteiger partial charge in [0.15, 0.2) is 0 Å². The van der Waals surface area contributed by atoms with Crippen LogP contribution < -0.4 is 0 Å². The first-order valence-electron chi connectivity index (χ1n) is 7.37. The molecule has 0 aromatic rings. The van der Waals surface area contributed by atoms with Gasteiger partial charge in [-0.05, 0) is 38.5 Å². The minimum atomic E-state index is -0.223. The molecule has 0 heterocycles.